The molecule has 0 atom stereocenters. The van der Waals surface area contributed by atoms with E-state index in [1.807, 2.05) is 0 Å². The highest BCUT2D eigenvalue weighted by molar-refractivity contribution is 5.83. The SMILES string of the molecule is Cc1cccc2[nH]c(CN3CCOCC3)cc12. The Hall–Kier alpha value is -1.32. The van der Waals surface area contributed by atoms with Crippen LogP contribution in [0.1, 0.15) is 11.3 Å². The van der Waals surface area contributed by atoms with Crippen LogP contribution in [-0.4, -0.2) is 36.2 Å². The van der Waals surface area contributed by atoms with Crippen molar-refractivity contribution in [2.45, 2.75) is 13.5 Å². The van der Waals surface area contributed by atoms with Crippen molar-refractivity contribution < 1.29 is 4.74 Å². The number of nitrogens with one attached hydrogen (secondary N) is 1. The highest BCUT2D eigenvalue weighted by atomic mass is 16.5. The summed E-state index contributed by atoms with van der Waals surface area (Å²) < 4.78 is 5.36. The second-order valence-electron chi connectivity index (χ2n) is 4.72. The number of aromatic nitrogens is 1. The Balaban J connectivity index is 1.83. The first-order valence-electron chi connectivity index (χ1n) is 6.20. The number of hydrogen-bond donors (Lipinski definition) is 1. The van der Waals surface area contributed by atoms with Crippen molar-refractivity contribution in [3.8, 4) is 0 Å². The van der Waals surface area contributed by atoms with Crippen LogP contribution in [0.4, 0.5) is 0 Å². The number of aryl methyl sites for hydroxylation is 1. The van der Waals surface area contributed by atoms with Gasteiger partial charge in [-0.3, -0.25) is 4.90 Å². The first kappa shape index (κ1) is 10.8. The number of H-pyrrole nitrogens is 1. The monoisotopic (exact) mass is 230 g/mol. The summed E-state index contributed by atoms with van der Waals surface area (Å²) in [7, 11) is 0. The van der Waals surface area contributed by atoms with Crippen LogP contribution in [-0.2, 0) is 11.3 Å². The van der Waals surface area contributed by atoms with Gasteiger partial charge in [0.1, 0.15) is 0 Å². The molecule has 1 aliphatic heterocycles. The minimum atomic E-state index is 0.860. The van der Waals surface area contributed by atoms with Crippen LogP contribution in [0.3, 0.4) is 0 Å². The number of fused-ring (bicyclic) bond motifs is 1. The summed E-state index contributed by atoms with van der Waals surface area (Å²) >= 11 is 0. The van der Waals surface area contributed by atoms with Gasteiger partial charge in [0.25, 0.3) is 0 Å². The summed E-state index contributed by atoms with van der Waals surface area (Å²) in [5.41, 5.74) is 3.89. The van der Waals surface area contributed by atoms with Crippen LogP contribution < -0.4 is 0 Å². The minimum absolute atomic E-state index is 0.860. The smallest absolute Gasteiger partial charge is 0.0594 e. The van der Waals surface area contributed by atoms with Gasteiger partial charge in [0.2, 0.25) is 0 Å². The predicted octanol–water partition coefficient (Wildman–Crippen LogP) is 2.31. The third kappa shape index (κ3) is 2.21. The van der Waals surface area contributed by atoms with Crippen LogP contribution in [0, 0.1) is 6.92 Å². The van der Waals surface area contributed by atoms with E-state index in [2.05, 4.69) is 41.1 Å². The molecule has 2 heterocycles. The molecule has 1 fully saturated rings. The summed E-state index contributed by atoms with van der Waals surface area (Å²) in [6, 6.07) is 8.69. The predicted molar refractivity (Wildman–Crippen MR) is 69.1 cm³/mol. The molecule has 1 aliphatic rings. The molecule has 1 saturated heterocycles. The van der Waals surface area contributed by atoms with Gasteiger partial charge in [0.15, 0.2) is 0 Å². The molecule has 90 valence electrons. The number of nitrogens with zero attached hydrogens (tertiary/aromatic N) is 1. The van der Waals surface area contributed by atoms with E-state index in [-0.39, 0.29) is 0 Å². The molecule has 0 spiro atoms. The van der Waals surface area contributed by atoms with Crippen LogP contribution >= 0.6 is 0 Å². The van der Waals surface area contributed by atoms with Crippen LogP contribution in [0.15, 0.2) is 24.3 Å². The fraction of sp³-hybridized carbons (Fsp3) is 0.429. The Morgan fingerprint density at radius 2 is 2.12 bits per heavy atom. The molecule has 1 aromatic heterocycles. The standard InChI is InChI=1S/C14H18N2O/c1-11-3-2-4-14-13(11)9-12(15-14)10-16-5-7-17-8-6-16/h2-4,9,15H,5-8,10H2,1H3. The highest BCUT2D eigenvalue weighted by Crippen LogP contribution is 2.20. The average molecular weight is 230 g/mol. The van der Waals surface area contributed by atoms with E-state index in [0.717, 1.165) is 32.8 Å². The number of benzene rings is 1. The van der Waals surface area contributed by atoms with Crippen molar-refractivity contribution in [2.24, 2.45) is 0 Å². The van der Waals surface area contributed by atoms with Crippen LogP contribution in [0.5, 0.6) is 0 Å². The maximum absolute atomic E-state index is 5.36. The zero-order valence-electron chi connectivity index (χ0n) is 10.2. The van der Waals surface area contributed by atoms with Gasteiger partial charge in [-0.2, -0.15) is 0 Å². The Bertz CT molecular complexity index is 512. The van der Waals surface area contributed by atoms with Gasteiger partial charge >= 0.3 is 0 Å². The Morgan fingerprint density at radius 1 is 1.29 bits per heavy atom. The van der Waals surface area contributed by atoms with Gasteiger partial charge in [-0.1, -0.05) is 12.1 Å². The van der Waals surface area contributed by atoms with E-state index >= 15 is 0 Å². The molecule has 0 radical (unpaired) electrons. The molecule has 17 heavy (non-hydrogen) atoms. The van der Waals surface area contributed by atoms with Gasteiger partial charge in [-0.05, 0) is 24.6 Å². The molecule has 0 aliphatic carbocycles. The van der Waals surface area contributed by atoms with Crippen molar-refractivity contribution in [1.29, 1.82) is 0 Å². The number of hydrogen-bond acceptors (Lipinski definition) is 2. The maximum atomic E-state index is 5.36. The molecule has 0 bridgehead atoms. The highest BCUT2D eigenvalue weighted by Gasteiger charge is 2.12. The van der Waals surface area contributed by atoms with Gasteiger partial charge in [-0.15, -0.1) is 0 Å². The van der Waals surface area contributed by atoms with Crippen molar-refractivity contribution in [2.75, 3.05) is 26.3 Å². The first-order valence-corrected chi connectivity index (χ1v) is 6.20. The summed E-state index contributed by atoms with van der Waals surface area (Å²) in [4.78, 5) is 5.94. The normalized spacial score (nSPS) is 17.7. The van der Waals surface area contributed by atoms with E-state index in [0.29, 0.717) is 0 Å². The van der Waals surface area contributed by atoms with Crippen LogP contribution in [0.2, 0.25) is 0 Å². The number of ether oxygens (including phenoxy) is 1. The lowest BCUT2D eigenvalue weighted by atomic mass is 10.1. The average Bonchev–Trinajstić information content (AvgIpc) is 2.74. The second kappa shape index (κ2) is 4.51. The number of rotatable bonds is 2. The lowest BCUT2D eigenvalue weighted by molar-refractivity contribution is 0.0337. The third-order valence-electron chi connectivity index (χ3n) is 3.44. The van der Waals surface area contributed by atoms with Crippen molar-refractivity contribution in [1.82, 2.24) is 9.88 Å². The van der Waals surface area contributed by atoms with Crippen molar-refractivity contribution in [3.63, 3.8) is 0 Å². The van der Waals surface area contributed by atoms with Crippen molar-refractivity contribution >= 4 is 10.9 Å². The van der Waals surface area contributed by atoms with Gasteiger partial charge in [0.05, 0.1) is 13.2 Å². The minimum Gasteiger partial charge on any atom is -0.379 e. The molecule has 0 amide bonds. The zero-order chi connectivity index (χ0) is 11.7. The third-order valence-corrected chi connectivity index (χ3v) is 3.44. The summed E-state index contributed by atoms with van der Waals surface area (Å²) in [5.74, 6) is 0. The number of morpholine rings is 1. The van der Waals surface area contributed by atoms with Gasteiger partial charge in [-0.25, -0.2) is 0 Å². The fourth-order valence-corrected chi connectivity index (χ4v) is 2.45. The summed E-state index contributed by atoms with van der Waals surface area (Å²) in [6.07, 6.45) is 0. The van der Waals surface area contributed by atoms with E-state index < -0.39 is 0 Å². The fourth-order valence-electron chi connectivity index (χ4n) is 2.45. The molecule has 0 saturated carbocycles. The Kier molecular flexibility index (Phi) is 2.87. The first-order chi connectivity index (χ1) is 8.33. The summed E-state index contributed by atoms with van der Waals surface area (Å²) in [5, 5.41) is 1.34. The molecule has 2 aromatic rings. The van der Waals surface area contributed by atoms with Crippen LogP contribution in [0.25, 0.3) is 10.9 Å². The molecular formula is C14H18N2O. The molecule has 0 unspecified atom stereocenters. The van der Waals surface area contributed by atoms with E-state index in [9.17, 15) is 0 Å². The largest absolute Gasteiger partial charge is 0.379 e. The maximum Gasteiger partial charge on any atom is 0.0594 e. The lowest BCUT2D eigenvalue weighted by Gasteiger charge is -2.25. The Labute approximate surface area is 101 Å². The van der Waals surface area contributed by atoms with E-state index in [1.54, 1.807) is 0 Å². The molecular weight excluding hydrogens is 212 g/mol. The van der Waals surface area contributed by atoms with E-state index in [4.69, 9.17) is 4.74 Å². The Morgan fingerprint density at radius 3 is 2.88 bits per heavy atom. The quantitative estimate of drug-likeness (QED) is 0.857. The summed E-state index contributed by atoms with van der Waals surface area (Å²) in [6.45, 7) is 6.95. The molecule has 1 aromatic carbocycles. The second-order valence-corrected chi connectivity index (χ2v) is 4.72. The lowest BCUT2D eigenvalue weighted by Crippen LogP contribution is -2.35. The zero-order valence-corrected chi connectivity index (χ0v) is 10.2. The molecule has 3 heteroatoms. The molecule has 3 nitrogen and oxygen atoms in total. The van der Waals surface area contributed by atoms with Gasteiger partial charge in [0, 0.05) is 36.2 Å². The number of aromatic amines is 1. The van der Waals surface area contributed by atoms with Gasteiger partial charge < -0.3 is 9.72 Å². The van der Waals surface area contributed by atoms with Crippen molar-refractivity contribution in [3.05, 3.63) is 35.5 Å². The molecule has 1 N–H and O–H groups in total. The topological polar surface area (TPSA) is 28.3 Å². The van der Waals surface area contributed by atoms with E-state index in [1.165, 1.54) is 22.2 Å². The molecule has 3 rings (SSSR count).